The third-order valence-corrected chi connectivity index (χ3v) is 5.19. The standard InChI is InChI=1S/C25H24N4O3/c1-18-22(13-14-32-18)25(31)26-15-23(30)28(2)16-20-17-29(21-11-7-4-8-12-21)27-24(20)19-9-5-3-6-10-19/h3-14,17H,15-16H2,1-2H3,(H,26,31). The number of likely N-dealkylation sites (N-methyl/N-ethyl adjacent to an activating group) is 1. The number of nitrogens with one attached hydrogen (secondary N) is 1. The van der Waals surface area contributed by atoms with Crippen molar-refractivity contribution in [3.8, 4) is 16.9 Å². The lowest BCUT2D eigenvalue weighted by molar-refractivity contribution is -0.129. The Morgan fingerprint density at radius 1 is 1.03 bits per heavy atom. The second-order valence-electron chi connectivity index (χ2n) is 7.47. The van der Waals surface area contributed by atoms with E-state index in [0.29, 0.717) is 17.9 Å². The summed E-state index contributed by atoms with van der Waals surface area (Å²) in [5.74, 6) is -0.0185. The van der Waals surface area contributed by atoms with Crippen LogP contribution in [0.15, 0.2) is 83.6 Å². The van der Waals surface area contributed by atoms with Crippen molar-refractivity contribution in [3.05, 3.63) is 96.1 Å². The minimum absolute atomic E-state index is 0.104. The van der Waals surface area contributed by atoms with E-state index in [2.05, 4.69) is 5.32 Å². The number of furan rings is 1. The normalized spacial score (nSPS) is 10.7. The first-order valence-corrected chi connectivity index (χ1v) is 10.3. The Balaban J connectivity index is 1.51. The van der Waals surface area contributed by atoms with Crippen molar-refractivity contribution in [2.45, 2.75) is 13.5 Å². The van der Waals surface area contributed by atoms with Gasteiger partial charge in [0.05, 0.1) is 29.8 Å². The van der Waals surface area contributed by atoms with Gasteiger partial charge in [-0.2, -0.15) is 5.10 Å². The van der Waals surface area contributed by atoms with Crippen LogP contribution in [-0.4, -0.2) is 40.1 Å². The van der Waals surface area contributed by atoms with Gasteiger partial charge in [0.2, 0.25) is 5.91 Å². The lowest BCUT2D eigenvalue weighted by Crippen LogP contribution is -2.37. The monoisotopic (exact) mass is 428 g/mol. The van der Waals surface area contributed by atoms with Crippen LogP contribution in [0.2, 0.25) is 0 Å². The average molecular weight is 428 g/mol. The SMILES string of the molecule is Cc1occc1C(=O)NCC(=O)N(C)Cc1cn(-c2ccccc2)nc1-c1ccccc1. The molecule has 2 amide bonds. The Bertz CT molecular complexity index is 1210. The molecule has 162 valence electrons. The highest BCUT2D eigenvalue weighted by Crippen LogP contribution is 2.24. The molecule has 0 atom stereocenters. The van der Waals surface area contributed by atoms with Gasteiger partial charge in [0, 0.05) is 30.9 Å². The van der Waals surface area contributed by atoms with Crippen LogP contribution in [-0.2, 0) is 11.3 Å². The Hall–Kier alpha value is -4.13. The maximum absolute atomic E-state index is 12.7. The Kier molecular flexibility index (Phi) is 6.17. The highest BCUT2D eigenvalue weighted by atomic mass is 16.3. The number of hydrogen-bond acceptors (Lipinski definition) is 4. The van der Waals surface area contributed by atoms with E-state index in [1.807, 2.05) is 71.5 Å². The largest absolute Gasteiger partial charge is 0.469 e. The lowest BCUT2D eigenvalue weighted by Gasteiger charge is -2.17. The molecule has 0 spiro atoms. The van der Waals surface area contributed by atoms with Crippen LogP contribution in [0.4, 0.5) is 0 Å². The van der Waals surface area contributed by atoms with Crippen molar-refractivity contribution < 1.29 is 14.0 Å². The molecule has 0 bridgehead atoms. The van der Waals surface area contributed by atoms with Crippen LogP contribution < -0.4 is 5.32 Å². The van der Waals surface area contributed by atoms with E-state index in [0.717, 1.165) is 22.5 Å². The van der Waals surface area contributed by atoms with Crippen LogP contribution in [0.5, 0.6) is 0 Å². The number of carbonyl (C=O) groups is 2. The van der Waals surface area contributed by atoms with Gasteiger partial charge in [0.1, 0.15) is 5.76 Å². The molecule has 2 heterocycles. The van der Waals surface area contributed by atoms with E-state index in [-0.39, 0.29) is 18.4 Å². The average Bonchev–Trinajstić information content (AvgIpc) is 3.44. The third kappa shape index (κ3) is 4.62. The van der Waals surface area contributed by atoms with Crippen molar-refractivity contribution in [2.75, 3.05) is 13.6 Å². The predicted octanol–water partition coefficient (Wildman–Crippen LogP) is 3.83. The van der Waals surface area contributed by atoms with Gasteiger partial charge in [-0.05, 0) is 25.1 Å². The van der Waals surface area contributed by atoms with E-state index in [9.17, 15) is 9.59 Å². The second kappa shape index (κ2) is 9.34. The van der Waals surface area contributed by atoms with Crippen molar-refractivity contribution >= 4 is 11.8 Å². The van der Waals surface area contributed by atoms with Crippen LogP contribution in [0, 0.1) is 6.92 Å². The summed E-state index contributed by atoms with van der Waals surface area (Å²) in [6.45, 7) is 1.96. The van der Waals surface area contributed by atoms with E-state index in [1.54, 1.807) is 24.9 Å². The van der Waals surface area contributed by atoms with Gasteiger partial charge < -0.3 is 14.6 Å². The molecular formula is C25H24N4O3. The maximum atomic E-state index is 12.7. The van der Waals surface area contributed by atoms with Crippen LogP contribution >= 0.6 is 0 Å². The molecule has 2 aromatic heterocycles. The summed E-state index contributed by atoms with van der Waals surface area (Å²) in [6, 6.07) is 21.3. The highest BCUT2D eigenvalue weighted by molar-refractivity contribution is 5.97. The number of rotatable bonds is 7. The molecule has 4 rings (SSSR count). The Labute approximate surface area is 186 Å². The predicted molar refractivity (Wildman–Crippen MR) is 121 cm³/mol. The molecule has 7 nitrogen and oxygen atoms in total. The fraction of sp³-hybridized carbons (Fsp3) is 0.160. The smallest absolute Gasteiger partial charge is 0.255 e. The molecule has 0 aliphatic rings. The molecule has 0 fully saturated rings. The Morgan fingerprint density at radius 2 is 1.72 bits per heavy atom. The number of aryl methyl sites for hydroxylation is 1. The van der Waals surface area contributed by atoms with Gasteiger partial charge in [-0.3, -0.25) is 9.59 Å². The number of carbonyl (C=O) groups excluding carboxylic acids is 2. The summed E-state index contributed by atoms with van der Waals surface area (Å²) in [5, 5.41) is 7.44. The number of para-hydroxylation sites is 1. The number of aromatic nitrogens is 2. The molecule has 0 aliphatic heterocycles. The van der Waals surface area contributed by atoms with Crippen molar-refractivity contribution in [1.29, 1.82) is 0 Å². The van der Waals surface area contributed by atoms with Gasteiger partial charge >= 0.3 is 0 Å². The molecule has 0 saturated heterocycles. The van der Waals surface area contributed by atoms with Crippen molar-refractivity contribution in [2.24, 2.45) is 0 Å². The Morgan fingerprint density at radius 3 is 2.38 bits per heavy atom. The zero-order chi connectivity index (χ0) is 22.5. The summed E-state index contributed by atoms with van der Waals surface area (Å²) in [6.07, 6.45) is 3.39. The van der Waals surface area contributed by atoms with Crippen molar-refractivity contribution in [3.63, 3.8) is 0 Å². The minimum atomic E-state index is -0.333. The first-order chi connectivity index (χ1) is 15.5. The third-order valence-electron chi connectivity index (χ3n) is 5.19. The summed E-state index contributed by atoms with van der Waals surface area (Å²) >= 11 is 0. The molecule has 0 unspecified atom stereocenters. The fourth-order valence-corrected chi connectivity index (χ4v) is 3.43. The molecule has 2 aromatic carbocycles. The maximum Gasteiger partial charge on any atom is 0.255 e. The fourth-order valence-electron chi connectivity index (χ4n) is 3.43. The molecular weight excluding hydrogens is 404 g/mol. The molecule has 0 radical (unpaired) electrons. The van der Waals surface area contributed by atoms with Crippen LogP contribution in [0.3, 0.4) is 0 Å². The number of hydrogen-bond donors (Lipinski definition) is 1. The van der Waals surface area contributed by atoms with Gasteiger partial charge in [0.25, 0.3) is 5.91 Å². The lowest BCUT2D eigenvalue weighted by atomic mass is 10.1. The molecule has 32 heavy (non-hydrogen) atoms. The zero-order valence-corrected chi connectivity index (χ0v) is 18.0. The van der Waals surface area contributed by atoms with E-state index in [4.69, 9.17) is 9.52 Å². The van der Waals surface area contributed by atoms with Crippen LogP contribution in [0.1, 0.15) is 21.7 Å². The van der Waals surface area contributed by atoms with E-state index in [1.165, 1.54) is 6.26 Å². The minimum Gasteiger partial charge on any atom is -0.469 e. The summed E-state index contributed by atoms with van der Waals surface area (Å²) in [4.78, 5) is 26.5. The molecule has 4 aromatic rings. The van der Waals surface area contributed by atoms with Crippen molar-refractivity contribution in [1.82, 2.24) is 20.0 Å². The van der Waals surface area contributed by atoms with E-state index >= 15 is 0 Å². The zero-order valence-electron chi connectivity index (χ0n) is 18.0. The number of nitrogens with zero attached hydrogens (tertiary/aromatic N) is 3. The topological polar surface area (TPSA) is 80.4 Å². The van der Waals surface area contributed by atoms with Gasteiger partial charge in [-0.25, -0.2) is 4.68 Å². The molecule has 7 heteroatoms. The van der Waals surface area contributed by atoms with Gasteiger partial charge in [0.15, 0.2) is 0 Å². The quantitative estimate of drug-likeness (QED) is 0.485. The first-order valence-electron chi connectivity index (χ1n) is 10.3. The number of amides is 2. The molecule has 0 saturated carbocycles. The van der Waals surface area contributed by atoms with Gasteiger partial charge in [-0.1, -0.05) is 48.5 Å². The summed E-state index contributed by atoms with van der Waals surface area (Å²) in [5.41, 5.74) is 4.06. The van der Waals surface area contributed by atoms with Gasteiger partial charge in [-0.15, -0.1) is 0 Å². The molecule has 1 N–H and O–H groups in total. The van der Waals surface area contributed by atoms with Crippen LogP contribution in [0.25, 0.3) is 16.9 Å². The summed E-state index contributed by atoms with van der Waals surface area (Å²) in [7, 11) is 1.71. The van der Waals surface area contributed by atoms with E-state index < -0.39 is 0 Å². The first kappa shape index (κ1) is 21.1. The second-order valence-corrected chi connectivity index (χ2v) is 7.47. The summed E-state index contributed by atoms with van der Waals surface area (Å²) < 4.78 is 6.97. The highest BCUT2D eigenvalue weighted by Gasteiger charge is 2.18. The number of benzene rings is 2. The molecule has 0 aliphatic carbocycles.